The van der Waals surface area contributed by atoms with Crippen LogP contribution in [-0.2, 0) is 0 Å². The minimum absolute atomic E-state index is 0.169. The predicted molar refractivity (Wildman–Crippen MR) is 90.8 cm³/mol. The molecule has 5 nitrogen and oxygen atoms in total. The first-order chi connectivity index (χ1) is 11.1. The summed E-state index contributed by atoms with van der Waals surface area (Å²) < 4.78 is 0. The molecule has 116 valence electrons. The lowest BCUT2D eigenvalue weighted by Gasteiger charge is -2.16. The fourth-order valence-corrected chi connectivity index (χ4v) is 2.73. The highest BCUT2D eigenvalue weighted by Crippen LogP contribution is 2.24. The third-order valence-electron chi connectivity index (χ3n) is 4.00. The van der Waals surface area contributed by atoms with E-state index in [0.717, 1.165) is 22.0 Å². The number of nitrogens with zero attached hydrogens (tertiary/aromatic N) is 1. The topological polar surface area (TPSA) is 74.3 Å². The number of aryl methyl sites for hydroxylation is 1. The Morgan fingerprint density at radius 2 is 2.04 bits per heavy atom. The van der Waals surface area contributed by atoms with Crippen LogP contribution in [0.15, 0.2) is 53.8 Å². The molecule has 0 saturated carbocycles. The number of nitrogens with one attached hydrogen (secondary N) is 2. The van der Waals surface area contributed by atoms with Crippen molar-refractivity contribution >= 4 is 22.5 Å². The molecule has 0 spiro atoms. The van der Waals surface area contributed by atoms with Gasteiger partial charge in [0.05, 0.1) is 11.6 Å². The van der Waals surface area contributed by atoms with E-state index in [1.165, 1.54) is 6.07 Å². The van der Waals surface area contributed by atoms with E-state index in [1.54, 1.807) is 12.1 Å². The number of aromatic nitrogens is 1. The minimum atomic E-state index is -0.218. The molecule has 0 aliphatic rings. The van der Waals surface area contributed by atoms with Gasteiger partial charge in [-0.2, -0.15) is 0 Å². The number of para-hydroxylation sites is 1. The lowest BCUT2D eigenvalue weighted by molar-refractivity contribution is 0.0939. The number of carbonyl (C=O) groups is 1. The highest BCUT2D eigenvalue weighted by Gasteiger charge is 2.16. The van der Waals surface area contributed by atoms with Gasteiger partial charge in [-0.15, -0.1) is 4.91 Å². The van der Waals surface area contributed by atoms with Gasteiger partial charge < -0.3 is 10.3 Å². The van der Waals surface area contributed by atoms with E-state index in [0.29, 0.717) is 5.56 Å². The molecular weight excluding hydrogens is 290 g/mol. The van der Waals surface area contributed by atoms with Gasteiger partial charge in [0.1, 0.15) is 5.69 Å². The van der Waals surface area contributed by atoms with Crippen LogP contribution in [0.4, 0.5) is 5.69 Å². The van der Waals surface area contributed by atoms with Crippen LogP contribution in [0.25, 0.3) is 10.9 Å². The number of amides is 1. The second-order valence-corrected chi connectivity index (χ2v) is 5.57. The zero-order valence-electron chi connectivity index (χ0n) is 13.0. The standard InChI is InChI=1S/C18H17N3O2/c1-11-6-7-14(21-23)10-16(11)18(22)20-12(2)15-5-3-4-13-8-9-19-17(13)15/h3-10,12,19H,1-2H3,(H,20,22). The normalized spacial score (nSPS) is 12.1. The van der Waals surface area contributed by atoms with Crippen LogP contribution >= 0.6 is 0 Å². The molecule has 23 heavy (non-hydrogen) atoms. The van der Waals surface area contributed by atoms with Crippen molar-refractivity contribution in [2.75, 3.05) is 0 Å². The van der Waals surface area contributed by atoms with Crippen LogP contribution < -0.4 is 5.32 Å². The molecule has 0 aliphatic carbocycles. The van der Waals surface area contributed by atoms with Crippen LogP contribution in [0, 0.1) is 11.8 Å². The summed E-state index contributed by atoms with van der Waals surface area (Å²) in [7, 11) is 0. The summed E-state index contributed by atoms with van der Waals surface area (Å²) in [5.74, 6) is -0.218. The quantitative estimate of drug-likeness (QED) is 0.702. The van der Waals surface area contributed by atoms with Crippen molar-refractivity contribution in [3.05, 3.63) is 70.3 Å². The molecular formula is C18H17N3O2. The van der Waals surface area contributed by atoms with E-state index in [9.17, 15) is 9.70 Å². The van der Waals surface area contributed by atoms with Crippen molar-refractivity contribution < 1.29 is 4.79 Å². The first-order valence-electron chi connectivity index (χ1n) is 7.41. The number of hydrogen-bond donors (Lipinski definition) is 2. The van der Waals surface area contributed by atoms with E-state index >= 15 is 0 Å². The van der Waals surface area contributed by atoms with Gasteiger partial charge in [-0.25, -0.2) is 0 Å². The summed E-state index contributed by atoms with van der Waals surface area (Å²) in [6.45, 7) is 3.77. The van der Waals surface area contributed by atoms with E-state index < -0.39 is 0 Å². The average molecular weight is 307 g/mol. The smallest absolute Gasteiger partial charge is 0.252 e. The van der Waals surface area contributed by atoms with Crippen LogP contribution in [0.5, 0.6) is 0 Å². The van der Waals surface area contributed by atoms with Crippen LogP contribution in [0.3, 0.4) is 0 Å². The van der Waals surface area contributed by atoms with Gasteiger partial charge in [-0.1, -0.05) is 24.3 Å². The third-order valence-corrected chi connectivity index (χ3v) is 4.00. The molecule has 5 heteroatoms. The maximum Gasteiger partial charge on any atom is 0.252 e. The van der Waals surface area contributed by atoms with Crippen molar-refractivity contribution in [3.63, 3.8) is 0 Å². The van der Waals surface area contributed by atoms with Crippen LogP contribution in [-0.4, -0.2) is 10.9 Å². The van der Waals surface area contributed by atoms with Gasteiger partial charge >= 0.3 is 0 Å². The van der Waals surface area contributed by atoms with Gasteiger partial charge in [0, 0.05) is 11.8 Å². The summed E-state index contributed by atoms with van der Waals surface area (Å²) in [5, 5.41) is 6.98. The van der Waals surface area contributed by atoms with Crippen molar-refractivity contribution in [2.24, 2.45) is 5.18 Å². The number of nitroso groups, excluding NO2 is 1. The molecule has 0 aliphatic heterocycles. The number of carbonyl (C=O) groups excluding carboxylic acids is 1. The molecule has 2 aromatic carbocycles. The Hall–Kier alpha value is -2.95. The fraction of sp³-hybridized carbons (Fsp3) is 0.167. The minimum Gasteiger partial charge on any atom is -0.361 e. The van der Waals surface area contributed by atoms with Gasteiger partial charge in [-0.05, 0) is 53.7 Å². The molecule has 1 atom stereocenters. The molecule has 1 unspecified atom stereocenters. The molecule has 0 bridgehead atoms. The largest absolute Gasteiger partial charge is 0.361 e. The molecule has 1 heterocycles. The molecule has 2 N–H and O–H groups in total. The highest BCUT2D eigenvalue weighted by atomic mass is 16.3. The van der Waals surface area contributed by atoms with Crippen LogP contribution in [0.2, 0.25) is 0 Å². The second-order valence-electron chi connectivity index (χ2n) is 5.57. The third kappa shape index (κ3) is 2.85. The Morgan fingerprint density at radius 1 is 1.22 bits per heavy atom. The lowest BCUT2D eigenvalue weighted by Crippen LogP contribution is -2.27. The lowest BCUT2D eigenvalue weighted by atomic mass is 10.0. The molecule has 0 fully saturated rings. The Morgan fingerprint density at radius 3 is 2.83 bits per heavy atom. The monoisotopic (exact) mass is 307 g/mol. The van der Waals surface area contributed by atoms with Crippen molar-refractivity contribution in [3.8, 4) is 0 Å². The highest BCUT2D eigenvalue weighted by molar-refractivity contribution is 5.97. The summed E-state index contributed by atoms with van der Waals surface area (Å²) >= 11 is 0. The van der Waals surface area contributed by atoms with E-state index in [1.807, 2.05) is 44.3 Å². The summed E-state index contributed by atoms with van der Waals surface area (Å²) in [4.78, 5) is 26.4. The van der Waals surface area contributed by atoms with Crippen LogP contribution in [0.1, 0.15) is 34.5 Å². The summed E-state index contributed by atoms with van der Waals surface area (Å²) in [5.41, 5.74) is 3.55. The molecule has 0 saturated heterocycles. The number of H-pyrrole nitrogens is 1. The predicted octanol–water partition coefficient (Wildman–Crippen LogP) is 4.37. The Bertz CT molecular complexity index is 883. The maximum absolute atomic E-state index is 12.5. The number of fused-ring (bicyclic) bond motifs is 1. The van der Waals surface area contributed by atoms with Crippen molar-refractivity contribution in [1.82, 2.24) is 10.3 Å². The van der Waals surface area contributed by atoms with Crippen molar-refractivity contribution in [1.29, 1.82) is 0 Å². The SMILES string of the molecule is Cc1ccc(N=O)cc1C(=O)NC(C)c1cccc2cc[nH]c12. The Balaban J connectivity index is 1.88. The Labute approximate surface area is 133 Å². The maximum atomic E-state index is 12.5. The van der Waals surface area contributed by atoms with Gasteiger partial charge in [0.25, 0.3) is 5.91 Å². The Kier molecular flexibility index (Phi) is 3.93. The number of benzene rings is 2. The number of rotatable bonds is 4. The first-order valence-corrected chi connectivity index (χ1v) is 7.41. The zero-order chi connectivity index (χ0) is 16.4. The van der Waals surface area contributed by atoms with Gasteiger partial charge in [0.2, 0.25) is 0 Å². The first kappa shape index (κ1) is 15.0. The summed E-state index contributed by atoms with van der Waals surface area (Å²) in [6, 6.07) is 12.6. The number of hydrogen-bond acceptors (Lipinski definition) is 3. The fourth-order valence-electron chi connectivity index (χ4n) is 2.73. The molecule has 0 radical (unpaired) electrons. The molecule has 1 amide bonds. The summed E-state index contributed by atoms with van der Waals surface area (Å²) in [6.07, 6.45) is 1.88. The molecule has 3 aromatic rings. The molecule has 3 rings (SSSR count). The zero-order valence-corrected chi connectivity index (χ0v) is 13.0. The average Bonchev–Trinajstić information content (AvgIpc) is 3.03. The van der Waals surface area contributed by atoms with E-state index in [4.69, 9.17) is 0 Å². The van der Waals surface area contributed by atoms with Crippen molar-refractivity contribution in [2.45, 2.75) is 19.9 Å². The van der Waals surface area contributed by atoms with E-state index in [-0.39, 0.29) is 17.6 Å². The van der Waals surface area contributed by atoms with Gasteiger partial charge in [0.15, 0.2) is 0 Å². The number of aromatic amines is 1. The molecule has 1 aromatic heterocycles. The van der Waals surface area contributed by atoms with Gasteiger partial charge in [-0.3, -0.25) is 4.79 Å². The second kappa shape index (κ2) is 6.04. The van der Waals surface area contributed by atoms with E-state index in [2.05, 4.69) is 15.5 Å².